The van der Waals surface area contributed by atoms with Gasteiger partial charge in [-0.25, -0.2) is 0 Å². The first-order valence-corrected chi connectivity index (χ1v) is 12.5. The molecule has 7 nitrogen and oxygen atoms in total. The lowest BCUT2D eigenvalue weighted by molar-refractivity contribution is 0.1000. The van der Waals surface area contributed by atoms with Crippen LogP contribution in [0.15, 0.2) is 63.1 Å². The fourth-order valence-electron chi connectivity index (χ4n) is 4.36. The Labute approximate surface area is 212 Å². The number of thiophene rings is 1. The molecule has 2 aromatic carbocycles. The van der Waals surface area contributed by atoms with Gasteiger partial charge in [-0.2, -0.15) is 0 Å². The van der Waals surface area contributed by atoms with Gasteiger partial charge in [0.15, 0.2) is 23.0 Å². The van der Waals surface area contributed by atoms with Gasteiger partial charge in [0.1, 0.15) is 17.9 Å². The Morgan fingerprint density at radius 3 is 2.56 bits per heavy atom. The van der Waals surface area contributed by atoms with E-state index in [-0.39, 0.29) is 5.43 Å². The van der Waals surface area contributed by atoms with Crippen molar-refractivity contribution in [3.05, 3.63) is 80.8 Å². The Morgan fingerprint density at radius 1 is 1.08 bits per heavy atom. The largest absolute Gasteiger partial charge is 0.486 e. The molecule has 184 valence electrons. The minimum absolute atomic E-state index is 0.0871. The molecular weight excluding hydrogens is 476 g/mol. The fourth-order valence-corrected chi connectivity index (χ4v) is 5.27. The van der Waals surface area contributed by atoms with Gasteiger partial charge in [0, 0.05) is 42.2 Å². The van der Waals surface area contributed by atoms with Crippen LogP contribution in [0.3, 0.4) is 0 Å². The molecule has 4 aromatic rings. The lowest BCUT2D eigenvalue weighted by Gasteiger charge is -2.24. The summed E-state index contributed by atoms with van der Waals surface area (Å²) in [4.78, 5) is 26.8. The second-order valence-electron chi connectivity index (χ2n) is 8.63. The Hall–Kier alpha value is -4.04. The van der Waals surface area contributed by atoms with Gasteiger partial charge in [0.25, 0.3) is 0 Å². The molecule has 0 radical (unpaired) electrons. The van der Waals surface area contributed by atoms with Crippen molar-refractivity contribution in [3.8, 4) is 22.6 Å². The van der Waals surface area contributed by atoms with Crippen molar-refractivity contribution in [2.45, 2.75) is 13.3 Å². The molecule has 3 heterocycles. The Morgan fingerprint density at radius 2 is 1.83 bits per heavy atom. The number of carbonyl (C=O) groups excluding carboxylic acids is 1. The predicted molar refractivity (Wildman–Crippen MR) is 143 cm³/mol. The van der Waals surface area contributed by atoms with Crippen LogP contribution in [-0.4, -0.2) is 33.2 Å². The standard InChI is InChI=1S/C28H26N2O5S/c1-4-7-17(18-8-5-6-9-19(18)28(29)32)20-12-16(13-23-25(20)34-11-10-33-23)21-15-36-27-22(31)14-24(30(2)3)35-26(21)27/h5-9,12-15H,4,10-11H2,1-3H3,(H2,29,32)/b17-7-. The average molecular weight is 503 g/mol. The zero-order valence-electron chi connectivity index (χ0n) is 20.3. The van der Waals surface area contributed by atoms with Crippen LogP contribution in [0.4, 0.5) is 5.88 Å². The van der Waals surface area contributed by atoms with Crippen molar-refractivity contribution in [2.24, 2.45) is 5.73 Å². The molecule has 0 saturated heterocycles. The van der Waals surface area contributed by atoms with E-state index in [1.54, 1.807) is 17.0 Å². The topological polar surface area (TPSA) is 95.0 Å². The van der Waals surface area contributed by atoms with Gasteiger partial charge in [-0.3, -0.25) is 9.59 Å². The average Bonchev–Trinajstić information content (AvgIpc) is 3.31. The number of ether oxygens (including phenoxy) is 2. The molecule has 36 heavy (non-hydrogen) atoms. The summed E-state index contributed by atoms with van der Waals surface area (Å²) in [5.74, 6) is 1.18. The number of nitrogens with zero attached hydrogens (tertiary/aromatic N) is 1. The normalized spacial score (nSPS) is 13.1. The van der Waals surface area contributed by atoms with Crippen molar-refractivity contribution < 1.29 is 18.7 Å². The maximum atomic E-state index is 12.8. The highest BCUT2D eigenvalue weighted by Crippen LogP contribution is 2.45. The van der Waals surface area contributed by atoms with Crippen molar-refractivity contribution in [1.29, 1.82) is 0 Å². The van der Waals surface area contributed by atoms with E-state index >= 15 is 0 Å². The van der Waals surface area contributed by atoms with E-state index in [9.17, 15) is 9.59 Å². The lowest BCUT2D eigenvalue weighted by atomic mass is 9.90. The molecule has 2 N–H and O–H groups in total. The Balaban J connectivity index is 1.78. The summed E-state index contributed by atoms with van der Waals surface area (Å²) in [5, 5.41) is 1.92. The van der Waals surface area contributed by atoms with Gasteiger partial charge in [-0.05, 0) is 41.3 Å². The summed E-state index contributed by atoms with van der Waals surface area (Å²) < 4.78 is 18.8. The Bertz CT molecular complexity index is 1560. The van der Waals surface area contributed by atoms with Crippen molar-refractivity contribution in [2.75, 3.05) is 32.2 Å². The van der Waals surface area contributed by atoms with Crippen molar-refractivity contribution in [3.63, 3.8) is 0 Å². The van der Waals surface area contributed by atoms with Crippen LogP contribution >= 0.6 is 11.3 Å². The second-order valence-corrected chi connectivity index (χ2v) is 9.51. The van der Waals surface area contributed by atoms with Gasteiger partial charge < -0.3 is 24.5 Å². The number of allylic oxidation sites excluding steroid dienone is 1. The highest BCUT2D eigenvalue weighted by Gasteiger charge is 2.25. The number of anilines is 1. The number of rotatable bonds is 6. The van der Waals surface area contributed by atoms with Gasteiger partial charge >= 0.3 is 0 Å². The SMILES string of the molecule is CC/C=C(/c1ccccc1C(N)=O)c1cc(-c2csc3c(=O)cc(N(C)C)oc23)cc2c1OCCO2. The van der Waals surface area contributed by atoms with E-state index in [0.29, 0.717) is 46.4 Å². The number of nitrogens with two attached hydrogens (primary N) is 1. The third-order valence-electron chi connectivity index (χ3n) is 6.01. The molecule has 0 bridgehead atoms. The van der Waals surface area contributed by atoms with E-state index in [4.69, 9.17) is 19.6 Å². The smallest absolute Gasteiger partial charge is 0.249 e. The molecular formula is C28H26N2O5S. The molecule has 0 unspecified atom stereocenters. The summed E-state index contributed by atoms with van der Waals surface area (Å²) in [6.07, 6.45) is 2.78. The van der Waals surface area contributed by atoms with E-state index < -0.39 is 5.91 Å². The maximum Gasteiger partial charge on any atom is 0.249 e. The quantitative estimate of drug-likeness (QED) is 0.385. The van der Waals surface area contributed by atoms with Crippen molar-refractivity contribution >= 4 is 39.0 Å². The first-order chi connectivity index (χ1) is 17.4. The summed E-state index contributed by atoms with van der Waals surface area (Å²) in [6, 6.07) is 12.7. The minimum atomic E-state index is -0.503. The molecule has 1 amide bonds. The number of hydrogen-bond acceptors (Lipinski definition) is 7. The summed E-state index contributed by atoms with van der Waals surface area (Å²) in [6.45, 7) is 2.87. The molecule has 1 aliphatic heterocycles. The van der Waals surface area contributed by atoms with E-state index in [2.05, 4.69) is 6.08 Å². The number of hydrogen-bond donors (Lipinski definition) is 1. The van der Waals surface area contributed by atoms with Crippen LogP contribution in [0.2, 0.25) is 0 Å². The van der Waals surface area contributed by atoms with E-state index in [1.165, 1.54) is 17.4 Å². The number of amides is 1. The minimum Gasteiger partial charge on any atom is -0.486 e. The molecule has 8 heteroatoms. The number of fused-ring (bicyclic) bond motifs is 2. The van der Waals surface area contributed by atoms with Crippen LogP contribution in [0.25, 0.3) is 27.0 Å². The van der Waals surface area contributed by atoms with E-state index in [0.717, 1.165) is 34.2 Å². The van der Waals surface area contributed by atoms with Crippen LogP contribution in [0.1, 0.15) is 34.8 Å². The van der Waals surface area contributed by atoms with Gasteiger partial charge in [-0.15, -0.1) is 11.3 Å². The summed E-state index contributed by atoms with van der Waals surface area (Å²) >= 11 is 1.35. The lowest BCUT2D eigenvalue weighted by Crippen LogP contribution is -2.17. The zero-order valence-corrected chi connectivity index (χ0v) is 21.1. The predicted octanol–water partition coefficient (Wildman–Crippen LogP) is 5.30. The van der Waals surface area contributed by atoms with Crippen LogP contribution in [0.5, 0.6) is 11.5 Å². The molecule has 1 aliphatic rings. The molecule has 0 aliphatic carbocycles. The molecule has 0 fully saturated rings. The number of carbonyl (C=O) groups is 1. The fraction of sp³-hybridized carbons (Fsp3) is 0.214. The number of benzene rings is 2. The van der Waals surface area contributed by atoms with Crippen molar-refractivity contribution in [1.82, 2.24) is 0 Å². The summed E-state index contributed by atoms with van der Waals surface area (Å²) in [5.41, 5.74) is 10.5. The van der Waals surface area contributed by atoms with Crippen LogP contribution in [0, 0.1) is 0 Å². The number of primary amides is 1. The molecule has 5 rings (SSSR count). The van der Waals surface area contributed by atoms with E-state index in [1.807, 2.05) is 50.7 Å². The van der Waals surface area contributed by atoms with Gasteiger partial charge in [-0.1, -0.05) is 31.2 Å². The first kappa shape index (κ1) is 23.7. The third-order valence-corrected chi connectivity index (χ3v) is 6.98. The maximum absolute atomic E-state index is 12.8. The monoisotopic (exact) mass is 502 g/mol. The molecule has 0 saturated carbocycles. The molecule has 2 aromatic heterocycles. The van der Waals surface area contributed by atoms with Gasteiger partial charge in [0.05, 0.1) is 0 Å². The van der Waals surface area contributed by atoms with Gasteiger partial charge in [0.2, 0.25) is 11.3 Å². The zero-order chi connectivity index (χ0) is 25.4. The highest BCUT2D eigenvalue weighted by molar-refractivity contribution is 7.17. The second kappa shape index (κ2) is 9.54. The molecule has 0 atom stereocenters. The summed E-state index contributed by atoms with van der Waals surface area (Å²) in [7, 11) is 3.66. The third kappa shape index (κ3) is 4.13. The molecule has 0 spiro atoms. The Kier molecular flexibility index (Phi) is 6.28. The highest BCUT2D eigenvalue weighted by atomic mass is 32.1. The van der Waals surface area contributed by atoms with Crippen LogP contribution in [-0.2, 0) is 0 Å². The van der Waals surface area contributed by atoms with Crippen LogP contribution < -0.4 is 25.5 Å². The first-order valence-electron chi connectivity index (χ1n) is 11.7.